The van der Waals surface area contributed by atoms with Gasteiger partial charge in [-0.15, -0.1) is 10.2 Å². The molecule has 0 bridgehead atoms. The van der Waals surface area contributed by atoms with Gasteiger partial charge in [-0.05, 0) is 17.7 Å². The summed E-state index contributed by atoms with van der Waals surface area (Å²) < 4.78 is 10.9. The van der Waals surface area contributed by atoms with E-state index in [0.29, 0.717) is 23.4 Å². The number of methoxy groups -OCH3 is 1. The van der Waals surface area contributed by atoms with Crippen molar-refractivity contribution >= 4 is 17.7 Å². The molecule has 3 rings (SSSR count). The van der Waals surface area contributed by atoms with E-state index >= 15 is 0 Å². The maximum Gasteiger partial charge on any atom is 0.277 e. The molecule has 2 aromatic carbocycles. The fourth-order valence-electron chi connectivity index (χ4n) is 2.17. The predicted molar refractivity (Wildman–Crippen MR) is 95.3 cm³/mol. The van der Waals surface area contributed by atoms with Crippen LogP contribution in [-0.4, -0.2) is 29.0 Å². The Kier molecular flexibility index (Phi) is 5.69. The largest absolute Gasteiger partial charge is 0.496 e. The lowest BCUT2D eigenvalue weighted by molar-refractivity contribution is -0.118. The van der Waals surface area contributed by atoms with Crippen LogP contribution in [0.4, 0.5) is 0 Å². The van der Waals surface area contributed by atoms with E-state index < -0.39 is 0 Å². The summed E-state index contributed by atoms with van der Waals surface area (Å²) in [6.07, 6.45) is 0. The van der Waals surface area contributed by atoms with Gasteiger partial charge in [-0.3, -0.25) is 4.79 Å². The zero-order valence-corrected chi connectivity index (χ0v) is 14.5. The molecule has 0 spiro atoms. The van der Waals surface area contributed by atoms with Gasteiger partial charge in [-0.2, -0.15) is 0 Å². The third kappa shape index (κ3) is 4.60. The molecule has 3 aromatic rings. The van der Waals surface area contributed by atoms with Crippen molar-refractivity contribution in [3.8, 4) is 17.2 Å². The molecule has 128 valence electrons. The van der Waals surface area contributed by atoms with Crippen LogP contribution in [0.15, 0.2) is 64.2 Å². The van der Waals surface area contributed by atoms with Gasteiger partial charge in [-0.25, -0.2) is 0 Å². The second kappa shape index (κ2) is 8.34. The van der Waals surface area contributed by atoms with Crippen LogP contribution < -0.4 is 10.1 Å². The molecular formula is C18H17N3O3S. The lowest BCUT2D eigenvalue weighted by Gasteiger charge is -2.04. The molecule has 0 radical (unpaired) electrons. The molecule has 0 aliphatic rings. The minimum Gasteiger partial charge on any atom is -0.496 e. The lowest BCUT2D eigenvalue weighted by Crippen LogP contribution is -2.24. The number of para-hydroxylation sites is 1. The summed E-state index contributed by atoms with van der Waals surface area (Å²) >= 11 is 1.20. The first-order chi connectivity index (χ1) is 12.3. The molecule has 0 saturated heterocycles. The highest BCUT2D eigenvalue weighted by Gasteiger charge is 2.14. The number of benzene rings is 2. The SMILES string of the molecule is COc1ccccc1-c1nnc(SCC(=O)NCc2ccccc2)o1. The van der Waals surface area contributed by atoms with Gasteiger partial charge >= 0.3 is 0 Å². The summed E-state index contributed by atoms with van der Waals surface area (Å²) in [6, 6.07) is 17.1. The van der Waals surface area contributed by atoms with Crippen LogP contribution in [0.25, 0.3) is 11.5 Å². The number of nitrogens with zero attached hydrogens (tertiary/aromatic N) is 2. The summed E-state index contributed by atoms with van der Waals surface area (Å²) in [7, 11) is 1.59. The summed E-state index contributed by atoms with van der Waals surface area (Å²) in [4.78, 5) is 11.9. The van der Waals surface area contributed by atoms with E-state index in [1.807, 2.05) is 54.6 Å². The highest BCUT2D eigenvalue weighted by Crippen LogP contribution is 2.30. The number of hydrogen-bond donors (Lipinski definition) is 1. The fourth-order valence-corrected chi connectivity index (χ4v) is 2.77. The van der Waals surface area contributed by atoms with Gasteiger partial charge in [0.2, 0.25) is 5.91 Å². The molecule has 0 aliphatic heterocycles. The number of rotatable bonds is 7. The maximum absolute atomic E-state index is 11.9. The Morgan fingerprint density at radius 2 is 1.88 bits per heavy atom. The van der Waals surface area contributed by atoms with Crippen LogP contribution in [-0.2, 0) is 11.3 Å². The normalized spacial score (nSPS) is 10.4. The minimum absolute atomic E-state index is 0.0918. The van der Waals surface area contributed by atoms with Gasteiger partial charge in [0, 0.05) is 6.54 Å². The molecule has 1 heterocycles. The highest BCUT2D eigenvalue weighted by molar-refractivity contribution is 7.99. The van der Waals surface area contributed by atoms with E-state index in [1.54, 1.807) is 7.11 Å². The van der Waals surface area contributed by atoms with Gasteiger partial charge in [0.05, 0.1) is 18.4 Å². The Hall–Kier alpha value is -2.80. The van der Waals surface area contributed by atoms with E-state index in [9.17, 15) is 4.79 Å². The maximum atomic E-state index is 11.9. The van der Waals surface area contributed by atoms with Gasteiger partial charge in [0.1, 0.15) is 5.75 Å². The van der Waals surface area contributed by atoms with Gasteiger partial charge in [0.25, 0.3) is 11.1 Å². The van der Waals surface area contributed by atoms with E-state index in [2.05, 4.69) is 15.5 Å². The Labute approximate surface area is 149 Å². The first-order valence-electron chi connectivity index (χ1n) is 7.66. The second-order valence-electron chi connectivity index (χ2n) is 5.12. The highest BCUT2D eigenvalue weighted by atomic mass is 32.2. The molecule has 0 fully saturated rings. The van der Waals surface area contributed by atoms with E-state index in [0.717, 1.165) is 11.1 Å². The number of ether oxygens (including phenoxy) is 1. The number of amides is 1. The van der Waals surface area contributed by atoms with Crippen molar-refractivity contribution in [2.45, 2.75) is 11.8 Å². The fraction of sp³-hybridized carbons (Fsp3) is 0.167. The van der Waals surface area contributed by atoms with Crippen LogP contribution in [0.1, 0.15) is 5.56 Å². The molecular weight excluding hydrogens is 338 g/mol. The Balaban J connectivity index is 1.54. The molecule has 1 amide bonds. The first kappa shape index (κ1) is 17.0. The molecule has 7 heteroatoms. The van der Waals surface area contributed by atoms with Crippen LogP contribution in [0.3, 0.4) is 0 Å². The van der Waals surface area contributed by atoms with Crippen LogP contribution in [0, 0.1) is 0 Å². The number of thioether (sulfide) groups is 1. The third-order valence-electron chi connectivity index (χ3n) is 3.40. The van der Waals surface area contributed by atoms with Gasteiger partial charge in [0.15, 0.2) is 0 Å². The average Bonchev–Trinajstić information content (AvgIpc) is 3.14. The van der Waals surface area contributed by atoms with Crippen molar-refractivity contribution in [1.29, 1.82) is 0 Å². The van der Waals surface area contributed by atoms with E-state index in [4.69, 9.17) is 9.15 Å². The van der Waals surface area contributed by atoms with Gasteiger partial charge in [-0.1, -0.05) is 54.2 Å². The molecule has 0 aliphatic carbocycles. The summed E-state index contributed by atoms with van der Waals surface area (Å²) in [5.41, 5.74) is 1.77. The van der Waals surface area contributed by atoms with Crippen molar-refractivity contribution in [1.82, 2.24) is 15.5 Å². The molecule has 1 N–H and O–H groups in total. The van der Waals surface area contributed by atoms with E-state index in [1.165, 1.54) is 11.8 Å². The monoisotopic (exact) mass is 355 g/mol. The summed E-state index contributed by atoms with van der Waals surface area (Å²) in [5, 5.41) is 11.2. The average molecular weight is 355 g/mol. The molecule has 25 heavy (non-hydrogen) atoms. The summed E-state index contributed by atoms with van der Waals surface area (Å²) in [5.74, 6) is 1.14. The molecule has 6 nitrogen and oxygen atoms in total. The van der Waals surface area contributed by atoms with Crippen LogP contribution in [0.2, 0.25) is 0 Å². The van der Waals surface area contributed by atoms with Crippen molar-refractivity contribution in [3.05, 3.63) is 60.2 Å². The topological polar surface area (TPSA) is 77.2 Å². The van der Waals surface area contributed by atoms with Crippen molar-refractivity contribution in [3.63, 3.8) is 0 Å². The second-order valence-corrected chi connectivity index (χ2v) is 6.05. The number of carbonyl (C=O) groups is 1. The quantitative estimate of drug-likeness (QED) is 0.656. The van der Waals surface area contributed by atoms with Crippen molar-refractivity contribution < 1.29 is 13.9 Å². The Morgan fingerprint density at radius 1 is 1.12 bits per heavy atom. The summed E-state index contributed by atoms with van der Waals surface area (Å²) in [6.45, 7) is 0.497. The van der Waals surface area contributed by atoms with Crippen LogP contribution >= 0.6 is 11.8 Å². The number of hydrogen-bond acceptors (Lipinski definition) is 6. The van der Waals surface area contributed by atoms with Crippen molar-refractivity contribution in [2.75, 3.05) is 12.9 Å². The molecule has 0 unspecified atom stereocenters. The predicted octanol–water partition coefficient (Wildman–Crippen LogP) is 3.15. The zero-order chi connectivity index (χ0) is 17.5. The lowest BCUT2D eigenvalue weighted by atomic mass is 10.2. The zero-order valence-electron chi connectivity index (χ0n) is 13.6. The molecule has 0 saturated carbocycles. The standard InChI is InChI=1S/C18H17N3O3S/c1-23-15-10-6-5-9-14(15)17-20-21-18(24-17)25-12-16(22)19-11-13-7-3-2-4-8-13/h2-10H,11-12H2,1H3,(H,19,22). The van der Waals surface area contributed by atoms with Crippen molar-refractivity contribution in [2.24, 2.45) is 0 Å². The minimum atomic E-state index is -0.0918. The molecule has 0 atom stereocenters. The number of aromatic nitrogens is 2. The van der Waals surface area contributed by atoms with Gasteiger partial charge < -0.3 is 14.5 Å². The van der Waals surface area contributed by atoms with Crippen LogP contribution in [0.5, 0.6) is 5.75 Å². The Bertz CT molecular complexity index is 836. The smallest absolute Gasteiger partial charge is 0.277 e. The van der Waals surface area contributed by atoms with E-state index in [-0.39, 0.29) is 11.7 Å². The third-order valence-corrected chi connectivity index (χ3v) is 4.22. The molecule has 1 aromatic heterocycles. The number of carbonyl (C=O) groups excluding carboxylic acids is 1. The Morgan fingerprint density at radius 3 is 2.68 bits per heavy atom. The first-order valence-corrected chi connectivity index (χ1v) is 8.65. The number of nitrogens with one attached hydrogen (secondary N) is 1.